The molecular weight excluding hydrogens is 620 g/mol. The fraction of sp³-hybridized carbons (Fsp3) is 0.207. The molecule has 0 unspecified atom stereocenters. The van der Waals surface area contributed by atoms with Crippen LogP contribution >= 0.6 is 39.3 Å². The summed E-state index contributed by atoms with van der Waals surface area (Å²) in [6, 6.07) is 17.7. The molecule has 1 saturated heterocycles. The number of halogens is 2. The third-order valence-electron chi connectivity index (χ3n) is 5.55. The SMILES string of the molecule is CCOc1cc(/C=C2\SC(=O)N(CCOc3ccc(Cl)cc3)C2=O)cc(Br)c1OCC(=O)Nc1cccc(C)c1. The first-order valence-corrected chi connectivity index (χ1v) is 14.3. The Morgan fingerprint density at radius 1 is 1.07 bits per heavy atom. The van der Waals surface area contributed by atoms with Gasteiger partial charge in [0.2, 0.25) is 0 Å². The fourth-order valence-electron chi connectivity index (χ4n) is 3.76. The van der Waals surface area contributed by atoms with Gasteiger partial charge >= 0.3 is 0 Å². The summed E-state index contributed by atoms with van der Waals surface area (Å²) in [6.45, 7) is 4.14. The van der Waals surface area contributed by atoms with Gasteiger partial charge in [-0.3, -0.25) is 19.3 Å². The van der Waals surface area contributed by atoms with Crippen molar-refractivity contribution in [2.24, 2.45) is 0 Å². The van der Waals surface area contributed by atoms with Crippen LogP contribution < -0.4 is 19.5 Å². The number of ether oxygens (including phenoxy) is 3. The zero-order valence-corrected chi connectivity index (χ0v) is 24.9. The number of nitrogens with one attached hydrogen (secondary N) is 1. The van der Waals surface area contributed by atoms with Crippen LogP contribution in [0.2, 0.25) is 5.02 Å². The summed E-state index contributed by atoms with van der Waals surface area (Å²) < 4.78 is 17.7. The van der Waals surface area contributed by atoms with Crippen molar-refractivity contribution < 1.29 is 28.6 Å². The molecule has 1 N–H and O–H groups in total. The van der Waals surface area contributed by atoms with Gasteiger partial charge in [-0.15, -0.1) is 0 Å². The average Bonchev–Trinajstić information content (AvgIpc) is 3.17. The topological polar surface area (TPSA) is 94.2 Å². The van der Waals surface area contributed by atoms with Gasteiger partial charge < -0.3 is 19.5 Å². The van der Waals surface area contributed by atoms with Crippen molar-refractivity contribution in [1.29, 1.82) is 0 Å². The lowest BCUT2D eigenvalue weighted by molar-refractivity contribution is -0.123. The number of carbonyl (C=O) groups excluding carboxylic acids is 3. The zero-order chi connectivity index (χ0) is 28.6. The molecule has 3 aromatic carbocycles. The first-order valence-electron chi connectivity index (χ1n) is 12.3. The molecule has 0 saturated carbocycles. The van der Waals surface area contributed by atoms with Gasteiger partial charge in [0.25, 0.3) is 17.1 Å². The third kappa shape index (κ3) is 7.80. The van der Waals surface area contributed by atoms with Crippen LogP contribution in [0.5, 0.6) is 17.2 Å². The molecule has 0 aromatic heterocycles. The van der Waals surface area contributed by atoms with Crippen LogP contribution in [0.4, 0.5) is 10.5 Å². The molecule has 1 heterocycles. The third-order valence-corrected chi connectivity index (χ3v) is 7.30. The Balaban J connectivity index is 1.41. The van der Waals surface area contributed by atoms with E-state index in [1.165, 1.54) is 0 Å². The largest absolute Gasteiger partial charge is 0.492 e. The predicted octanol–water partition coefficient (Wildman–Crippen LogP) is 6.94. The molecule has 1 aliphatic rings. The van der Waals surface area contributed by atoms with E-state index in [1.54, 1.807) is 48.5 Å². The number of hydrogen-bond donors (Lipinski definition) is 1. The Morgan fingerprint density at radius 3 is 2.58 bits per heavy atom. The number of anilines is 1. The van der Waals surface area contributed by atoms with Crippen molar-refractivity contribution in [3.63, 3.8) is 0 Å². The van der Waals surface area contributed by atoms with E-state index in [0.29, 0.717) is 44.6 Å². The van der Waals surface area contributed by atoms with Crippen LogP contribution in [0.15, 0.2) is 70.0 Å². The van der Waals surface area contributed by atoms with Gasteiger partial charge in [0.1, 0.15) is 12.4 Å². The lowest BCUT2D eigenvalue weighted by Crippen LogP contribution is -2.32. The van der Waals surface area contributed by atoms with Crippen LogP contribution in [-0.2, 0) is 9.59 Å². The quantitative estimate of drug-likeness (QED) is 0.226. The predicted molar refractivity (Wildman–Crippen MR) is 160 cm³/mol. The molecule has 3 amide bonds. The van der Waals surface area contributed by atoms with Crippen LogP contribution in [0.3, 0.4) is 0 Å². The maximum Gasteiger partial charge on any atom is 0.293 e. The molecule has 0 aliphatic carbocycles. The molecule has 1 aliphatic heterocycles. The van der Waals surface area contributed by atoms with E-state index >= 15 is 0 Å². The van der Waals surface area contributed by atoms with Crippen LogP contribution in [0.1, 0.15) is 18.1 Å². The lowest BCUT2D eigenvalue weighted by Gasteiger charge is -2.15. The number of rotatable bonds is 11. The molecule has 1 fully saturated rings. The minimum atomic E-state index is -0.406. The smallest absolute Gasteiger partial charge is 0.293 e. The van der Waals surface area contributed by atoms with Crippen LogP contribution in [0.25, 0.3) is 6.08 Å². The number of thioether (sulfide) groups is 1. The highest BCUT2D eigenvalue weighted by Crippen LogP contribution is 2.39. The molecule has 3 aromatic rings. The van der Waals surface area contributed by atoms with Crippen molar-refractivity contribution in [2.75, 3.05) is 31.7 Å². The lowest BCUT2D eigenvalue weighted by atomic mass is 10.2. The molecule has 0 radical (unpaired) electrons. The first kappa shape index (κ1) is 29.5. The molecule has 0 bridgehead atoms. The number of carbonyl (C=O) groups is 3. The summed E-state index contributed by atoms with van der Waals surface area (Å²) in [5, 5.41) is 3.02. The molecule has 8 nitrogen and oxygen atoms in total. The highest BCUT2D eigenvalue weighted by molar-refractivity contribution is 9.10. The Morgan fingerprint density at radius 2 is 1.85 bits per heavy atom. The average molecular weight is 646 g/mol. The number of hydrogen-bond acceptors (Lipinski definition) is 7. The van der Waals surface area contributed by atoms with E-state index in [0.717, 1.165) is 22.2 Å². The van der Waals surface area contributed by atoms with Crippen LogP contribution in [-0.4, -0.2) is 48.3 Å². The second-order valence-electron chi connectivity index (χ2n) is 8.61. The van der Waals surface area contributed by atoms with Gasteiger partial charge in [-0.1, -0.05) is 23.7 Å². The van der Waals surface area contributed by atoms with E-state index in [1.807, 2.05) is 32.0 Å². The summed E-state index contributed by atoms with van der Waals surface area (Å²) in [5.41, 5.74) is 2.33. The summed E-state index contributed by atoms with van der Waals surface area (Å²) in [6.07, 6.45) is 1.62. The fourth-order valence-corrected chi connectivity index (χ4v) is 5.33. The summed E-state index contributed by atoms with van der Waals surface area (Å²) in [7, 11) is 0. The highest BCUT2D eigenvalue weighted by atomic mass is 79.9. The van der Waals surface area contributed by atoms with Crippen molar-refractivity contribution in [3.8, 4) is 17.2 Å². The van der Waals surface area contributed by atoms with E-state index in [2.05, 4.69) is 21.2 Å². The van der Waals surface area contributed by atoms with E-state index < -0.39 is 5.91 Å². The number of nitrogens with zero attached hydrogens (tertiary/aromatic N) is 1. The van der Waals surface area contributed by atoms with Crippen molar-refractivity contribution >= 4 is 68.1 Å². The molecule has 0 atom stereocenters. The van der Waals surface area contributed by atoms with Gasteiger partial charge in [0.05, 0.1) is 22.5 Å². The zero-order valence-electron chi connectivity index (χ0n) is 21.7. The Kier molecular flexibility index (Phi) is 10.1. The van der Waals surface area contributed by atoms with E-state index in [-0.39, 0.29) is 35.8 Å². The second kappa shape index (κ2) is 13.7. The van der Waals surface area contributed by atoms with Crippen molar-refractivity contribution in [1.82, 2.24) is 4.90 Å². The normalized spacial score (nSPS) is 14.0. The van der Waals surface area contributed by atoms with Gasteiger partial charge in [0.15, 0.2) is 18.1 Å². The molecule has 208 valence electrons. The Hall–Kier alpha value is -3.47. The number of benzene rings is 3. The Bertz CT molecular complexity index is 1450. The van der Waals surface area contributed by atoms with Gasteiger partial charge in [0, 0.05) is 10.7 Å². The number of aryl methyl sites for hydroxylation is 1. The molecule has 0 spiro atoms. The van der Waals surface area contributed by atoms with Gasteiger partial charge in [-0.25, -0.2) is 0 Å². The highest BCUT2D eigenvalue weighted by Gasteiger charge is 2.35. The van der Waals surface area contributed by atoms with E-state index in [9.17, 15) is 14.4 Å². The maximum atomic E-state index is 12.9. The molecule has 4 rings (SSSR count). The monoisotopic (exact) mass is 644 g/mol. The molecular formula is C29H26BrClN2O6S. The molecule has 11 heteroatoms. The minimum absolute atomic E-state index is 0.107. The summed E-state index contributed by atoms with van der Waals surface area (Å²) >= 11 is 10.2. The van der Waals surface area contributed by atoms with E-state index in [4.69, 9.17) is 25.8 Å². The molecule has 40 heavy (non-hydrogen) atoms. The Labute approximate surface area is 249 Å². The first-order chi connectivity index (χ1) is 19.2. The number of amides is 3. The maximum absolute atomic E-state index is 12.9. The number of imide groups is 1. The van der Waals surface area contributed by atoms with Gasteiger partial charge in [-0.05, 0) is 107 Å². The minimum Gasteiger partial charge on any atom is -0.492 e. The van der Waals surface area contributed by atoms with Crippen LogP contribution in [0, 0.1) is 6.92 Å². The summed E-state index contributed by atoms with van der Waals surface area (Å²) in [4.78, 5) is 39.3. The van der Waals surface area contributed by atoms with Crippen molar-refractivity contribution in [2.45, 2.75) is 13.8 Å². The summed E-state index contributed by atoms with van der Waals surface area (Å²) in [5.74, 6) is 0.609. The van der Waals surface area contributed by atoms with Crippen molar-refractivity contribution in [3.05, 3.63) is 86.2 Å². The second-order valence-corrected chi connectivity index (χ2v) is 10.9. The standard InChI is InChI=1S/C29H26BrClN2O6S/c1-3-37-24-15-19(14-23(30)27(24)39-17-26(34)32-21-6-4-5-18(2)13-21)16-25-28(35)33(29(36)40-25)11-12-38-22-9-7-20(31)8-10-22/h4-10,13-16H,3,11-12,17H2,1-2H3,(H,32,34)/b25-16-. The van der Waals surface area contributed by atoms with Gasteiger partial charge in [-0.2, -0.15) is 0 Å².